The molecular weight excluding hydrogens is 355 g/mol. The van der Waals surface area contributed by atoms with Gasteiger partial charge in [0.15, 0.2) is 0 Å². The van der Waals surface area contributed by atoms with E-state index < -0.39 is 11.7 Å². The summed E-state index contributed by atoms with van der Waals surface area (Å²) in [6.07, 6.45) is -4.38. The lowest BCUT2D eigenvalue weighted by Gasteiger charge is -2.10. The van der Waals surface area contributed by atoms with E-state index in [1.807, 2.05) is 35.7 Å². The third kappa shape index (κ3) is 4.08. The second kappa shape index (κ2) is 7.11. The maximum atomic E-state index is 12.5. The van der Waals surface area contributed by atoms with Crippen molar-refractivity contribution in [3.63, 3.8) is 0 Å². The van der Waals surface area contributed by atoms with Crippen LogP contribution in [-0.4, -0.2) is 17.4 Å². The molecule has 3 rings (SSSR count). The van der Waals surface area contributed by atoms with Crippen LogP contribution >= 0.6 is 23.5 Å². The molecule has 1 amide bonds. The van der Waals surface area contributed by atoms with Crippen LogP contribution in [-0.2, 0) is 6.18 Å². The van der Waals surface area contributed by atoms with E-state index in [1.165, 1.54) is 17.7 Å². The molecule has 1 N–H and O–H groups in total. The van der Waals surface area contributed by atoms with Gasteiger partial charge in [-0.25, -0.2) is 0 Å². The van der Waals surface area contributed by atoms with Gasteiger partial charge < -0.3 is 5.32 Å². The Labute approximate surface area is 146 Å². The fraction of sp³-hybridized carbons (Fsp3) is 0.235. The molecule has 126 valence electrons. The number of anilines is 1. The third-order valence-corrected chi connectivity index (χ3v) is 6.64. The number of thioether (sulfide) groups is 2. The lowest BCUT2D eigenvalue weighted by molar-refractivity contribution is -0.137. The maximum Gasteiger partial charge on any atom is 0.416 e. The van der Waals surface area contributed by atoms with Gasteiger partial charge in [0.05, 0.1) is 10.1 Å². The highest BCUT2D eigenvalue weighted by Crippen LogP contribution is 2.45. The van der Waals surface area contributed by atoms with Crippen LogP contribution in [0.1, 0.15) is 26.1 Å². The Hall–Kier alpha value is -1.60. The molecule has 0 aromatic heterocycles. The van der Waals surface area contributed by atoms with Gasteiger partial charge in [-0.2, -0.15) is 13.2 Å². The van der Waals surface area contributed by atoms with Crippen molar-refractivity contribution in [3.05, 3.63) is 65.2 Å². The summed E-state index contributed by atoms with van der Waals surface area (Å²) in [5, 5.41) is 2.61. The van der Waals surface area contributed by atoms with Crippen molar-refractivity contribution in [2.75, 3.05) is 16.8 Å². The molecule has 0 unspecified atom stereocenters. The highest BCUT2D eigenvalue weighted by Gasteiger charge is 2.30. The Morgan fingerprint density at radius 3 is 2.08 bits per heavy atom. The van der Waals surface area contributed by atoms with Gasteiger partial charge in [0.2, 0.25) is 0 Å². The van der Waals surface area contributed by atoms with Crippen LogP contribution in [0.4, 0.5) is 18.9 Å². The van der Waals surface area contributed by atoms with E-state index in [1.54, 1.807) is 12.1 Å². The quantitative estimate of drug-likeness (QED) is 0.781. The zero-order chi connectivity index (χ0) is 17.2. The van der Waals surface area contributed by atoms with Gasteiger partial charge in [-0.15, -0.1) is 23.5 Å². The number of halogens is 3. The minimum atomic E-state index is -4.38. The first-order valence-corrected chi connectivity index (χ1v) is 9.35. The summed E-state index contributed by atoms with van der Waals surface area (Å²) >= 11 is 3.77. The van der Waals surface area contributed by atoms with Gasteiger partial charge in [0.1, 0.15) is 0 Å². The van der Waals surface area contributed by atoms with Crippen LogP contribution < -0.4 is 5.32 Å². The van der Waals surface area contributed by atoms with E-state index in [4.69, 9.17) is 0 Å². The van der Waals surface area contributed by atoms with Crippen LogP contribution in [0.25, 0.3) is 0 Å². The van der Waals surface area contributed by atoms with Crippen molar-refractivity contribution in [1.29, 1.82) is 0 Å². The van der Waals surface area contributed by atoms with E-state index in [0.717, 1.165) is 23.6 Å². The van der Waals surface area contributed by atoms with Gasteiger partial charge >= 0.3 is 6.18 Å². The number of benzene rings is 2. The van der Waals surface area contributed by atoms with Crippen molar-refractivity contribution in [2.24, 2.45) is 0 Å². The second-order valence-corrected chi connectivity index (χ2v) is 7.95. The predicted octanol–water partition coefficient (Wildman–Crippen LogP) is 5.44. The highest BCUT2D eigenvalue weighted by atomic mass is 32.2. The Kier molecular flexibility index (Phi) is 5.10. The van der Waals surface area contributed by atoms with Gasteiger partial charge in [-0.05, 0) is 42.0 Å². The Bertz CT molecular complexity index is 708. The standard InChI is InChI=1S/C17H14F3NOS2/c18-17(19,20)13-5-7-14(8-6-13)21-15(22)11-1-3-12(4-2-11)16-23-9-10-24-16/h1-8,16H,9-10H2,(H,21,22). The number of alkyl halides is 3. The molecular formula is C17H14F3NOS2. The first-order chi connectivity index (χ1) is 11.4. The molecule has 0 atom stereocenters. The number of rotatable bonds is 3. The molecule has 2 nitrogen and oxygen atoms in total. The Morgan fingerprint density at radius 2 is 1.54 bits per heavy atom. The van der Waals surface area contributed by atoms with Crippen molar-refractivity contribution in [2.45, 2.75) is 10.8 Å². The number of nitrogens with one attached hydrogen (secondary N) is 1. The van der Waals surface area contributed by atoms with E-state index in [2.05, 4.69) is 5.32 Å². The molecule has 2 aromatic carbocycles. The SMILES string of the molecule is O=C(Nc1ccc(C(F)(F)F)cc1)c1ccc(C2SCCS2)cc1. The van der Waals surface area contributed by atoms with Crippen LogP contribution in [0.5, 0.6) is 0 Å². The van der Waals surface area contributed by atoms with E-state index in [9.17, 15) is 18.0 Å². The number of carbonyl (C=O) groups excluding carboxylic acids is 1. The normalized spacial score (nSPS) is 15.5. The predicted molar refractivity (Wildman–Crippen MR) is 93.5 cm³/mol. The van der Waals surface area contributed by atoms with E-state index >= 15 is 0 Å². The minimum Gasteiger partial charge on any atom is -0.322 e. The molecule has 24 heavy (non-hydrogen) atoms. The van der Waals surface area contributed by atoms with Gasteiger partial charge in [-0.1, -0.05) is 12.1 Å². The first kappa shape index (κ1) is 17.2. The average Bonchev–Trinajstić information content (AvgIpc) is 3.09. The molecule has 1 aliphatic rings. The molecule has 1 fully saturated rings. The molecule has 0 spiro atoms. The first-order valence-electron chi connectivity index (χ1n) is 7.25. The zero-order valence-corrected chi connectivity index (χ0v) is 14.1. The summed E-state index contributed by atoms with van der Waals surface area (Å²) in [5.74, 6) is 1.92. The van der Waals surface area contributed by atoms with Crippen molar-refractivity contribution in [1.82, 2.24) is 0 Å². The molecule has 0 aliphatic carbocycles. The van der Waals surface area contributed by atoms with Crippen LogP contribution in [0, 0.1) is 0 Å². The summed E-state index contributed by atoms with van der Waals surface area (Å²) in [6, 6.07) is 11.7. The average molecular weight is 369 g/mol. The summed E-state index contributed by atoms with van der Waals surface area (Å²) in [5.41, 5.74) is 1.25. The fourth-order valence-electron chi connectivity index (χ4n) is 2.29. The Morgan fingerprint density at radius 1 is 0.958 bits per heavy atom. The monoisotopic (exact) mass is 369 g/mol. The molecule has 1 aliphatic heterocycles. The van der Waals surface area contributed by atoms with Crippen molar-refractivity contribution < 1.29 is 18.0 Å². The minimum absolute atomic E-state index is 0.332. The van der Waals surface area contributed by atoms with Crippen molar-refractivity contribution in [3.8, 4) is 0 Å². The number of hydrogen-bond acceptors (Lipinski definition) is 3. The third-order valence-electron chi connectivity index (χ3n) is 3.54. The molecule has 0 bridgehead atoms. The number of hydrogen-bond donors (Lipinski definition) is 1. The Balaban J connectivity index is 1.66. The van der Waals surface area contributed by atoms with E-state index in [0.29, 0.717) is 15.8 Å². The van der Waals surface area contributed by atoms with Crippen LogP contribution in [0.15, 0.2) is 48.5 Å². The lowest BCUT2D eigenvalue weighted by Crippen LogP contribution is -2.12. The van der Waals surface area contributed by atoms with Crippen molar-refractivity contribution >= 4 is 35.1 Å². The summed E-state index contributed by atoms with van der Waals surface area (Å²) in [7, 11) is 0. The maximum absolute atomic E-state index is 12.5. The zero-order valence-electron chi connectivity index (χ0n) is 12.5. The second-order valence-electron chi connectivity index (χ2n) is 5.22. The highest BCUT2D eigenvalue weighted by molar-refractivity contribution is 8.19. The number of amides is 1. The molecule has 1 saturated heterocycles. The fourth-order valence-corrected chi connectivity index (χ4v) is 5.15. The topological polar surface area (TPSA) is 29.1 Å². The van der Waals surface area contributed by atoms with E-state index in [-0.39, 0.29) is 5.91 Å². The van der Waals surface area contributed by atoms with Gasteiger partial charge in [-0.3, -0.25) is 4.79 Å². The molecule has 1 heterocycles. The number of carbonyl (C=O) groups is 1. The smallest absolute Gasteiger partial charge is 0.322 e. The molecule has 0 saturated carbocycles. The molecule has 7 heteroatoms. The summed E-state index contributed by atoms with van der Waals surface area (Å²) in [6.45, 7) is 0. The summed E-state index contributed by atoms with van der Waals surface area (Å²) < 4.78 is 38.0. The van der Waals surface area contributed by atoms with Gasteiger partial charge in [0.25, 0.3) is 5.91 Å². The van der Waals surface area contributed by atoms with Crippen LogP contribution in [0.3, 0.4) is 0 Å². The molecule has 2 aromatic rings. The summed E-state index contributed by atoms with van der Waals surface area (Å²) in [4.78, 5) is 12.2. The van der Waals surface area contributed by atoms with Gasteiger partial charge in [0, 0.05) is 22.8 Å². The lowest BCUT2D eigenvalue weighted by atomic mass is 10.1. The largest absolute Gasteiger partial charge is 0.416 e. The molecule has 0 radical (unpaired) electrons. The van der Waals surface area contributed by atoms with Crippen LogP contribution in [0.2, 0.25) is 0 Å².